The highest BCUT2D eigenvalue weighted by Crippen LogP contribution is 2.22. The average molecular weight is 243 g/mol. The van der Waals surface area contributed by atoms with Crippen molar-refractivity contribution in [2.24, 2.45) is 0 Å². The van der Waals surface area contributed by atoms with Crippen LogP contribution in [0.4, 0.5) is 8.78 Å². The lowest BCUT2D eigenvalue weighted by Crippen LogP contribution is -2.29. The topological polar surface area (TPSA) is 49.3 Å². The van der Waals surface area contributed by atoms with Crippen LogP contribution in [-0.2, 0) is 4.79 Å². The Morgan fingerprint density at radius 3 is 2.59 bits per heavy atom. The smallest absolute Gasteiger partial charge is 0.325 e. The van der Waals surface area contributed by atoms with E-state index in [2.05, 4.69) is 5.32 Å². The van der Waals surface area contributed by atoms with Gasteiger partial charge in [0.15, 0.2) is 0 Å². The molecule has 1 rings (SSSR count). The zero-order valence-electron chi connectivity index (χ0n) is 9.49. The average Bonchev–Trinajstić information content (AvgIpc) is 2.29. The first kappa shape index (κ1) is 13.6. The largest absolute Gasteiger partial charge is 0.480 e. The van der Waals surface area contributed by atoms with E-state index in [0.29, 0.717) is 12.1 Å². The predicted molar refractivity (Wildman–Crippen MR) is 60.1 cm³/mol. The van der Waals surface area contributed by atoms with Crippen LogP contribution in [0.1, 0.15) is 36.9 Å². The molecule has 0 fully saturated rings. The monoisotopic (exact) mass is 243 g/mol. The Morgan fingerprint density at radius 2 is 2.06 bits per heavy atom. The first-order chi connectivity index (χ1) is 8.06. The maximum atomic E-state index is 12.5. The summed E-state index contributed by atoms with van der Waals surface area (Å²) in [6.45, 7) is 2.43. The summed E-state index contributed by atoms with van der Waals surface area (Å²) in [6.07, 6.45) is -1.81. The normalized spacial score (nSPS) is 12.7. The van der Waals surface area contributed by atoms with E-state index in [1.165, 1.54) is 24.3 Å². The molecule has 0 aliphatic heterocycles. The number of benzene rings is 1. The summed E-state index contributed by atoms with van der Waals surface area (Å²) < 4.78 is 25.0. The van der Waals surface area contributed by atoms with Crippen LogP contribution in [0, 0.1) is 0 Å². The first-order valence-corrected chi connectivity index (χ1v) is 5.40. The van der Waals surface area contributed by atoms with Gasteiger partial charge < -0.3 is 10.4 Å². The van der Waals surface area contributed by atoms with Crippen molar-refractivity contribution in [2.45, 2.75) is 25.8 Å². The molecule has 0 spiro atoms. The second-order valence-electron chi connectivity index (χ2n) is 3.70. The third kappa shape index (κ3) is 3.78. The van der Waals surface area contributed by atoms with Gasteiger partial charge in [0.1, 0.15) is 6.04 Å². The molecular formula is C12H15F2NO2. The summed E-state index contributed by atoms with van der Waals surface area (Å²) >= 11 is 0. The maximum Gasteiger partial charge on any atom is 0.325 e. The van der Waals surface area contributed by atoms with Crippen LogP contribution in [-0.4, -0.2) is 17.6 Å². The standard InChI is InChI=1S/C12H15F2NO2/c1-2-6-15-10(12(16)17)8-4-3-5-9(7-8)11(13)14/h3-5,7,10-11,15H,2,6H2,1H3,(H,16,17). The number of nitrogens with one attached hydrogen (secondary N) is 1. The Balaban J connectivity index is 2.93. The molecule has 0 aromatic heterocycles. The number of carboxylic acids is 1. The summed E-state index contributed by atoms with van der Waals surface area (Å²) in [5.74, 6) is -1.06. The summed E-state index contributed by atoms with van der Waals surface area (Å²) in [4.78, 5) is 11.0. The summed E-state index contributed by atoms with van der Waals surface area (Å²) in [5.41, 5.74) is 0.191. The Kier molecular flexibility index (Phi) is 5.03. The molecule has 0 saturated heterocycles. The molecule has 94 valence electrons. The number of hydrogen-bond acceptors (Lipinski definition) is 2. The van der Waals surface area contributed by atoms with Crippen molar-refractivity contribution in [1.29, 1.82) is 0 Å². The van der Waals surface area contributed by atoms with Gasteiger partial charge in [0, 0.05) is 5.56 Å². The summed E-state index contributed by atoms with van der Waals surface area (Å²) in [6, 6.07) is 4.56. The van der Waals surface area contributed by atoms with Gasteiger partial charge in [0.05, 0.1) is 0 Å². The molecule has 0 aliphatic rings. The minimum absolute atomic E-state index is 0.160. The summed E-state index contributed by atoms with van der Waals surface area (Å²) in [7, 11) is 0. The molecule has 5 heteroatoms. The maximum absolute atomic E-state index is 12.5. The summed E-state index contributed by atoms with van der Waals surface area (Å²) in [5, 5.41) is 11.8. The minimum Gasteiger partial charge on any atom is -0.480 e. The Bertz CT molecular complexity index is 383. The number of halogens is 2. The van der Waals surface area contributed by atoms with E-state index in [9.17, 15) is 13.6 Å². The molecule has 0 aliphatic carbocycles. The molecule has 0 heterocycles. The van der Waals surface area contributed by atoms with E-state index in [0.717, 1.165) is 6.42 Å². The van der Waals surface area contributed by atoms with E-state index < -0.39 is 18.4 Å². The third-order valence-corrected chi connectivity index (χ3v) is 2.34. The van der Waals surface area contributed by atoms with Crippen molar-refractivity contribution in [3.05, 3.63) is 35.4 Å². The molecular weight excluding hydrogens is 228 g/mol. The number of rotatable bonds is 6. The van der Waals surface area contributed by atoms with E-state index in [4.69, 9.17) is 5.11 Å². The second kappa shape index (κ2) is 6.30. The minimum atomic E-state index is -2.59. The second-order valence-corrected chi connectivity index (χ2v) is 3.70. The molecule has 1 aromatic carbocycles. The molecule has 0 saturated carbocycles. The molecule has 1 atom stereocenters. The van der Waals surface area contributed by atoms with E-state index in [1.54, 1.807) is 0 Å². The van der Waals surface area contributed by atoms with Crippen LogP contribution >= 0.6 is 0 Å². The SMILES string of the molecule is CCCNC(C(=O)O)c1cccc(C(F)F)c1. The van der Waals surface area contributed by atoms with Gasteiger partial charge in [-0.25, -0.2) is 8.78 Å². The highest BCUT2D eigenvalue weighted by Gasteiger charge is 2.20. The highest BCUT2D eigenvalue weighted by molar-refractivity contribution is 5.75. The number of carboxylic acid groups (broad SMARTS) is 1. The van der Waals surface area contributed by atoms with Gasteiger partial charge in [0.25, 0.3) is 6.43 Å². The van der Waals surface area contributed by atoms with Gasteiger partial charge in [-0.15, -0.1) is 0 Å². The van der Waals surface area contributed by atoms with Crippen molar-refractivity contribution in [3.63, 3.8) is 0 Å². The molecule has 1 aromatic rings. The Hall–Kier alpha value is -1.49. The van der Waals surface area contributed by atoms with Gasteiger partial charge in [-0.1, -0.05) is 25.1 Å². The fourth-order valence-corrected chi connectivity index (χ4v) is 1.51. The van der Waals surface area contributed by atoms with Crippen LogP contribution in [0.15, 0.2) is 24.3 Å². The van der Waals surface area contributed by atoms with Crippen molar-refractivity contribution in [3.8, 4) is 0 Å². The first-order valence-electron chi connectivity index (χ1n) is 5.40. The molecule has 0 bridgehead atoms. The van der Waals surface area contributed by atoms with Crippen LogP contribution in [0.5, 0.6) is 0 Å². The Morgan fingerprint density at radius 1 is 1.41 bits per heavy atom. The van der Waals surface area contributed by atoms with Crippen LogP contribution < -0.4 is 5.32 Å². The molecule has 2 N–H and O–H groups in total. The van der Waals surface area contributed by atoms with Crippen molar-refractivity contribution >= 4 is 5.97 Å². The number of hydrogen-bond donors (Lipinski definition) is 2. The van der Waals surface area contributed by atoms with E-state index in [-0.39, 0.29) is 5.56 Å². The zero-order chi connectivity index (χ0) is 12.8. The molecule has 17 heavy (non-hydrogen) atoms. The third-order valence-electron chi connectivity index (χ3n) is 2.34. The van der Waals surface area contributed by atoms with Crippen molar-refractivity contribution in [2.75, 3.05) is 6.54 Å². The van der Waals surface area contributed by atoms with Crippen LogP contribution in [0.25, 0.3) is 0 Å². The lowest BCUT2D eigenvalue weighted by Gasteiger charge is -2.15. The molecule has 0 radical (unpaired) electrons. The fraction of sp³-hybridized carbons (Fsp3) is 0.417. The molecule has 3 nitrogen and oxygen atoms in total. The van der Waals surface area contributed by atoms with E-state index in [1.807, 2.05) is 6.92 Å². The van der Waals surface area contributed by atoms with Crippen molar-refractivity contribution in [1.82, 2.24) is 5.32 Å². The van der Waals surface area contributed by atoms with Gasteiger partial charge >= 0.3 is 5.97 Å². The predicted octanol–water partition coefficient (Wildman–Crippen LogP) is 2.75. The Labute approximate surface area is 98.5 Å². The molecule has 0 amide bonds. The lowest BCUT2D eigenvalue weighted by atomic mass is 10.0. The highest BCUT2D eigenvalue weighted by atomic mass is 19.3. The zero-order valence-corrected chi connectivity index (χ0v) is 9.49. The molecule has 1 unspecified atom stereocenters. The van der Waals surface area contributed by atoms with E-state index >= 15 is 0 Å². The number of alkyl halides is 2. The van der Waals surface area contributed by atoms with Crippen LogP contribution in [0.2, 0.25) is 0 Å². The van der Waals surface area contributed by atoms with Crippen molar-refractivity contribution < 1.29 is 18.7 Å². The lowest BCUT2D eigenvalue weighted by molar-refractivity contribution is -0.139. The quantitative estimate of drug-likeness (QED) is 0.807. The number of aliphatic carboxylic acids is 1. The van der Waals surface area contributed by atoms with Gasteiger partial charge in [-0.3, -0.25) is 4.79 Å². The van der Waals surface area contributed by atoms with Gasteiger partial charge in [-0.2, -0.15) is 0 Å². The fourth-order valence-electron chi connectivity index (χ4n) is 1.51. The van der Waals surface area contributed by atoms with Gasteiger partial charge in [0.2, 0.25) is 0 Å². The van der Waals surface area contributed by atoms with Gasteiger partial charge in [-0.05, 0) is 24.6 Å². The number of carbonyl (C=O) groups is 1. The van der Waals surface area contributed by atoms with Crippen LogP contribution in [0.3, 0.4) is 0 Å².